The van der Waals surface area contributed by atoms with E-state index in [0.717, 1.165) is 5.56 Å². The second-order valence-corrected chi connectivity index (χ2v) is 4.70. The predicted octanol–water partition coefficient (Wildman–Crippen LogP) is 1.53. The van der Waals surface area contributed by atoms with Crippen molar-refractivity contribution in [3.8, 4) is 0 Å². The van der Waals surface area contributed by atoms with Crippen molar-refractivity contribution in [1.29, 1.82) is 0 Å². The van der Waals surface area contributed by atoms with E-state index in [1.807, 2.05) is 42.2 Å². The van der Waals surface area contributed by atoms with Crippen LogP contribution in [0.1, 0.15) is 25.3 Å². The Balaban J connectivity index is 1.84. The van der Waals surface area contributed by atoms with Crippen molar-refractivity contribution < 1.29 is 14.6 Å². The molecule has 1 aliphatic rings. The normalized spacial score (nSPS) is 23.0. The number of piperidine rings is 1. The van der Waals surface area contributed by atoms with Crippen LogP contribution < -0.4 is 0 Å². The molecule has 18 heavy (non-hydrogen) atoms. The van der Waals surface area contributed by atoms with Gasteiger partial charge >= 0.3 is 0 Å². The number of nitrogens with zero attached hydrogens (tertiary/aromatic N) is 1. The topological polar surface area (TPSA) is 49.8 Å². The van der Waals surface area contributed by atoms with Gasteiger partial charge in [0.05, 0.1) is 6.61 Å². The van der Waals surface area contributed by atoms with Gasteiger partial charge in [0.25, 0.3) is 0 Å². The number of hydrogen-bond acceptors (Lipinski definition) is 4. The molecule has 2 atom stereocenters. The van der Waals surface area contributed by atoms with Crippen LogP contribution in [0.5, 0.6) is 0 Å². The maximum atomic E-state index is 11.3. The number of benzene rings is 1. The lowest BCUT2D eigenvalue weighted by atomic mass is 10.0. The molecule has 1 heterocycles. The molecule has 4 heteroatoms. The van der Waals surface area contributed by atoms with Gasteiger partial charge in [-0.1, -0.05) is 30.3 Å². The Morgan fingerprint density at radius 3 is 2.83 bits per heavy atom. The molecule has 0 bridgehead atoms. The standard InChI is InChI=1S/C14H19NO3/c1-11-9-13(16)7-8-15(11)14(17)18-10-12-5-3-2-4-6-12/h2-6,11,14,17H,7-10H2,1H3/t11-,14?/m0/s1. The van der Waals surface area contributed by atoms with Crippen LogP contribution >= 0.6 is 0 Å². The van der Waals surface area contributed by atoms with E-state index in [1.165, 1.54) is 0 Å². The molecule has 2 rings (SSSR count). The molecule has 1 unspecified atom stereocenters. The van der Waals surface area contributed by atoms with Gasteiger partial charge in [-0.15, -0.1) is 0 Å². The fourth-order valence-electron chi connectivity index (χ4n) is 2.19. The Labute approximate surface area is 107 Å². The predicted molar refractivity (Wildman–Crippen MR) is 67.6 cm³/mol. The van der Waals surface area contributed by atoms with E-state index in [9.17, 15) is 9.90 Å². The molecule has 0 aliphatic carbocycles. The summed E-state index contributed by atoms with van der Waals surface area (Å²) in [7, 11) is 0. The number of ketones is 1. The third kappa shape index (κ3) is 3.38. The molecule has 98 valence electrons. The van der Waals surface area contributed by atoms with Gasteiger partial charge in [0.1, 0.15) is 5.78 Å². The maximum absolute atomic E-state index is 11.3. The van der Waals surface area contributed by atoms with Gasteiger partial charge in [-0.3, -0.25) is 9.69 Å². The van der Waals surface area contributed by atoms with E-state index in [-0.39, 0.29) is 11.8 Å². The van der Waals surface area contributed by atoms with Crippen LogP contribution in [-0.2, 0) is 16.1 Å². The maximum Gasteiger partial charge on any atom is 0.216 e. The molecule has 1 N–H and O–H groups in total. The highest BCUT2D eigenvalue weighted by Gasteiger charge is 2.28. The number of likely N-dealkylation sites (tertiary alicyclic amines) is 1. The van der Waals surface area contributed by atoms with Gasteiger partial charge in [-0.2, -0.15) is 0 Å². The smallest absolute Gasteiger partial charge is 0.216 e. The van der Waals surface area contributed by atoms with E-state index < -0.39 is 6.41 Å². The summed E-state index contributed by atoms with van der Waals surface area (Å²) in [5, 5.41) is 9.98. The number of ether oxygens (including phenoxy) is 1. The molecule has 0 radical (unpaired) electrons. The quantitative estimate of drug-likeness (QED) is 0.822. The third-order valence-electron chi connectivity index (χ3n) is 3.26. The molecule has 0 aromatic heterocycles. The number of hydrogen-bond donors (Lipinski definition) is 1. The molecule has 1 saturated heterocycles. The average molecular weight is 249 g/mol. The first-order chi connectivity index (χ1) is 8.66. The van der Waals surface area contributed by atoms with Crippen molar-refractivity contribution in [1.82, 2.24) is 4.90 Å². The van der Waals surface area contributed by atoms with E-state index in [4.69, 9.17) is 4.74 Å². The first-order valence-corrected chi connectivity index (χ1v) is 6.28. The zero-order valence-electron chi connectivity index (χ0n) is 10.6. The minimum absolute atomic E-state index is 0.0389. The molecule has 1 aliphatic heterocycles. The van der Waals surface area contributed by atoms with Gasteiger partial charge < -0.3 is 9.84 Å². The fraction of sp³-hybridized carbons (Fsp3) is 0.500. The van der Waals surface area contributed by atoms with Gasteiger partial charge in [0.15, 0.2) is 0 Å². The summed E-state index contributed by atoms with van der Waals surface area (Å²) in [5.41, 5.74) is 1.03. The molecular formula is C14H19NO3. The molecule has 0 saturated carbocycles. The van der Waals surface area contributed by atoms with Crippen molar-refractivity contribution in [3.05, 3.63) is 35.9 Å². The van der Waals surface area contributed by atoms with Crippen molar-refractivity contribution in [2.24, 2.45) is 0 Å². The van der Waals surface area contributed by atoms with Crippen LogP contribution in [0, 0.1) is 0 Å². The molecule has 1 fully saturated rings. The highest BCUT2D eigenvalue weighted by atomic mass is 16.6. The number of carbonyl (C=O) groups excluding carboxylic acids is 1. The summed E-state index contributed by atoms with van der Waals surface area (Å²) in [5.74, 6) is 0.258. The van der Waals surface area contributed by atoms with E-state index in [0.29, 0.717) is 26.0 Å². The minimum Gasteiger partial charge on any atom is -0.356 e. The Morgan fingerprint density at radius 1 is 1.44 bits per heavy atom. The van der Waals surface area contributed by atoms with Gasteiger partial charge in [-0.05, 0) is 12.5 Å². The van der Waals surface area contributed by atoms with Crippen LogP contribution in [0.25, 0.3) is 0 Å². The minimum atomic E-state index is -0.937. The lowest BCUT2D eigenvalue weighted by Crippen LogP contribution is -2.48. The Morgan fingerprint density at radius 2 is 2.17 bits per heavy atom. The Bertz CT molecular complexity index is 393. The summed E-state index contributed by atoms with van der Waals surface area (Å²) < 4.78 is 5.44. The van der Waals surface area contributed by atoms with Gasteiger partial charge in [0, 0.05) is 25.4 Å². The van der Waals surface area contributed by atoms with E-state index >= 15 is 0 Å². The number of Topliss-reactive ketones (excluding diaryl/α,β-unsaturated/α-hetero) is 1. The van der Waals surface area contributed by atoms with E-state index in [1.54, 1.807) is 0 Å². The Hall–Kier alpha value is -1.23. The molecular weight excluding hydrogens is 230 g/mol. The van der Waals surface area contributed by atoms with Crippen molar-refractivity contribution in [3.63, 3.8) is 0 Å². The molecule has 1 aromatic rings. The van der Waals surface area contributed by atoms with Crippen molar-refractivity contribution >= 4 is 5.78 Å². The number of carbonyl (C=O) groups is 1. The van der Waals surface area contributed by atoms with Crippen LogP contribution in [-0.4, -0.2) is 34.8 Å². The summed E-state index contributed by atoms with van der Waals surface area (Å²) in [6, 6.07) is 9.77. The largest absolute Gasteiger partial charge is 0.356 e. The van der Waals surface area contributed by atoms with Crippen molar-refractivity contribution in [2.75, 3.05) is 6.54 Å². The van der Waals surface area contributed by atoms with Crippen molar-refractivity contribution in [2.45, 2.75) is 38.8 Å². The number of rotatable bonds is 4. The number of aliphatic hydroxyl groups is 1. The molecule has 0 spiro atoms. The molecule has 0 amide bonds. The summed E-state index contributed by atoms with van der Waals surface area (Å²) in [4.78, 5) is 13.1. The van der Waals surface area contributed by atoms with Crippen LogP contribution in [0.4, 0.5) is 0 Å². The fourth-order valence-corrected chi connectivity index (χ4v) is 2.19. The first kappa shape index (κ1) is 13.2. The zero-order valence-corrected chi connectivity index (χ0v) is 10.6. The third-order valence-corrected chi connectivity index (χ3v) is 3.26. The Kier molecular flexibility index (Phi) is 4.47. The molecule has 4 nitrogen and oxygen atoms in total. The monoisotopic (exact) mass is 249 g/mol. The molecule has 1 aromatic carbocycles. The highest BCUT2D eigenvalue weighted by molar-refractivity contribution is 5.79. The second kappa shape index (κ2) is 6.09. The van der Waals surface area contributed by atoms with Gasteiger partial charge in [-0.25, -0.2) is 0 Å². The van der Waals surface area contributed by atoms with Crippen LogP contribution in [0.2, 0.25) is 0 Å². The summed E-state index contributed by atoms with van der Waals surface area (Å²) in [6.45, 7) is 2.88. The first-order valence-electron chi connectivity index (χ1n) is 6.28. The summed E-state index contributed by atoms with van der Waals surface area (Å²) in [6.07, 6.45) is 0.0512. The average Bonchev–Trinajstić information content (AvgIpc) is 2.37. The summed E-state index contributed by atoms with van der Waals surface area (Å²) >= 11 is 0. The number of aliphatic hydroxyl groups excluding tert-OH is 1. The van der Waals surface area contributed by atoms with Crippen LogP contribution in [0.3, 0.4) is 0 Å². The highest BCUT2D eigenvalue weighted by Crippen LogP contribution is 2.17. The second-order valence-electron chi connectivity index (χ2n) is 4.70. The van der Waals surface area contributed by atoms with E-state index in [2.05, 4.69) is 0 Å². The SMILES string of the molecule is C[C@H]1CC(=O)CCN1C(O)OCc1ccccc1. The lowest BCUT2D eigenvalue weighted by molar-refractivity contribution is -0.214. The zero-order chi connectivity index (χ0) is 13.0. The van der Waals surface area contributed by atoms with Crippen LogP contribution in [0.15, 0.2) is 30.3 Å². The van der Waals surface area contributed by atoms with Gasteiger partial charge in [0.2, 0.25) is 6.41 Å². The lowest BCUT2D eigenvalue weighted by Gasteiger charge is -2.35.